The quantitative estimate of drug-likeness (QED) is 0.866. The molecule has 1 aromatic rings. The van der Waals surface area contributed by atoms with Crippen LogP contribution in [0.15, 0.2) is 35.2 Å². The number of hydrogen-bond donors (Lipinski definition) is 2. The first-order chi connectivity index (χ1) is 11.0. The molecule has 1 aliphatic carbocycles. The van der Waals surface area contributed by atoms with Gasteiger partial charge in [-0.1, -0.05) is 50.3 Å². The van der Waals surface area contributed by atoms with Gasteiger partial charge in [-0.15, -0.1) is 0 Å². The zero-order valence-electron chi connectivity index (χ0n) is 13.6. The molecular formula is C17H26N2O3S. The van der Waals surface area contributed by atoms with Crippen LogP contribution in [0.2, 0.25) is 0 Å². The van der Waals surface area contributed by atoms with Crippen LogP contribution in [0.25, 0.3) is 0 Å². The van der Waals surface area contributed by atoms with Crippen LogP contribution in [0.4, 0.5) is 0 Å². The molecule has 2 rings (SSSR count). The topological polar surface area (TPSA) is 75.3 Å². The van der Waals surface area contributed by atoms with E-state index in [0.717, 1.165) is 25.7 Å². The molecule has 1 aliphatic rings. The molecule has 1 aromatic carbocycles. The average Bonchev–Trinajstić information content (AvgIpc) is 2.50. The molecule has 0 aromatic heterocycles. The Morgan fingerprint density at radius 1 is 1.04 bits per heavy atom. The van der Waals surface area contributed by atoms with E-state index in [4.69, 9.17) is 0 Å². The van der Waals surface area contributed by atoms with E-state index in [0.29, 0.717) is 0 Å². The molecule has 1 fully saturated rings. The Balaban J connectivity index is 1.91. The van der Waals surface area contributed by atoms with E-state index in [2.05, 4.69) is 10.0 Å². The van der Waals surface area contributed by atoms with Crippen LogP contribution in [0, 0.1) is 0 Å². The molecule has 1 amide bonds. The molecule has 2 N–H and O–H groups in total. The largest absolute Gasteiger partial charge is 0.352 e. The van der Waals surface area contributed by atoms with E-state index in [-0.39, 0.29) is 16.8 Å². The summed E-state index contributed by atoms with van der Waals surface area (Å²) in [4.78, 5) is 12.5. The summed E-state index contributed by atoms with van der Waals surface area (Å²) in [5, 5.41) is 2.99. The van der Waals surface area contributed by atoms with Gasteiger partial charge in [0.15, 0.2) is 0 Å². The van der Waals surface area contributed by atoms with E-state index in [1.54, 1.807) is 25.1 Å². The lowest BCUT2D eigenvalue weighted by molar-refractivity contribution is -0.123. The second-order valence-electron chi connectivity index (χ2n) is 6.21. The van der Waals surface area contributed by atoms with Gasteiger partial charge in [0.2, 0.25) is 15.9 Å². The summed E-state index contributed by atoms with van der Waals surface area (Å²) >= 11 is 0. The molecule has 0 bridgehead atoms. The Kier molecular flexibility index (Phi) is 6.59. The SMILES string of the molecule is C[C@H](NS(=O)(=O)c1ccccc1)C(=O)NC1CCCCCCC1. The van der Waals surface area contributed by atoms with Gasteiger partial charge in [-0.3, -0.25) is 4.79 Å². The summed E-state index contributed by atoms with van der Waals surface area (Å²) in [6.45, 7) is 1.58. The Bertz CT molecular complexity index is 594. The third kappa shape index (κ3) is 5.62. The zero-order chi connectivity index (χ0) is 16.7. The predicted octanol–water partition coefficient (Wildman–Crippen LogP) is 2.58. The molecule has 5 nitrogen and oxygen atoms in total. The van der Waals surface area contributed by atoms with Crippen LogP contribution in [0.5, 0.6) is 0 Å². The van der Waals surface area contributed by atoms with Crippen LogP contribution in [0.3, 0.4) is 0 Å². The molecule has 0 spiro atoms. The molecule has 6 heteroatoms. The first-order valence-corrected chi connectivity index (χ1v) is 9.85. The summed E-state index contributed by atoms with van der Waals surface area (Å²) in [5.41, 5.74) is 0. The fraction of sp³-hybridized carbons (Fsp3) is 0.588. The van der Waals surface area contributed by atoms with E-state index < -0.39 is 16.1 Å². The highest BCUT2D eigenvalue weighted by Gasteiger charge is 2.23. The molecule has 1 atom stereocenters. The van der Waals surface area contributed by atoms with E-state index in [9.17, 15) is 13.2 Å². The highest BCUT2D eigenvalue weighted by molar-refractivity contribution is 7.89. The number of hydrogen-bond acceptors (Lipinski definition) is 3. The van der Waals surface area contributed by atoms with Crippen LogP contribution in [-0.4, -0.2) is 26.4 Å². The standard InChI is InChI=1S/C17H26N2O3S/c1-14(19-23(21,22)16-12-8-5-9-13-16)17(20)18-15-10-6-3-2-4-7-11-15/h5,8-9,12-15,19H,2-4,6-7,10-11H2,1H3,(H,18,20)/t14-/m0/s1. The van der Waals surface area contributed by atoms with Crippen molar-refractivity contribution in [3.05, 3.63) is 30.3 Å². The van der Waals surface area contributed by atoms with Crippen molar-refractivity contribution >= 4 is 15.9 Å². The van der Waals surface area contributed by atoms with Gasteiger partial charge >= 0.3 is 0 Å². The molecule has 0 saturated heterocycles. The van der Waals surface area contributed by atoms with E-state index in [1.165, 1.54) is 31.4 Å². The van der Waals surface area contributed by atoms with Crippen molar-refractivity contribution in [1.82, 2.24) is 10.0 Å². The van der Waals surface area contributed by atoms with Crippen molar-refractivity contribution in [2.45, 2.75) is 68.8 Å². The highest BCUT2D eigenvalue weighted by Crippen LogP contribution is 2.17. The molecule has 0 unspecified atom stereocenters. The van der Waals surface area contributed by atoms with Crippen molar-refractivity contribution in [1.29, 1.82) is 0 Å². The number of nitrogens with one attached hydrogen (secondary N) is 2. The number of rotatable bonds is 5. The van der Waals surface area contributed by atoms with Crippen LogP contribution >= 0.6 is 0 Å². The Hall–Kier alpha value is -1.40. The molecular weight excluding hydrogens is 312 g/mol. The number of amides is 1. The lowest BCUT2D eigenvalue weighted by atomic mass is 9.96. The van der Waals surface area contributed by atoms with Crippen molar-refractivity contribution in [3.63, 3.8) is 0 Å². The maximum Gasteiger partial charge on any atom is 0.241 e. The highest BCUT2D eigenvalue weighted by atomic mass is 32.2. The van der Waals surface area contributed by atoms with Gasteiger partial charge in [-0.05, 0) is 31.9 Å². The van der Waals surface area contributed by atoms with Crippen molar-refractivity contribution in [2.24, 2.45) is 0 Å². The third-order valence-electron chi connectivity index (χ3n) is 4.23. The second-order valence-corrected chi connectivity index (χ2v) is 7.92. The molecule has 0 radical (unpaired) electrons. The average molecular weight is 338 g/mol. The van der Waals surface area contributed by atoms with Crippen LogP contribution < -0.4 is 10.0 Å². The van der Waals surface area contributed by atoms with Crippen molar-refractivity contribution < 1.29 is 13.2 Å². The van der Waals surface area contributed by atoms with Crippen molar-refractivity contribution in [3.8, 4) is 0 Å². The minimum Gasteiger partial charge on any atom is -0.352 e. The number of carbonyl (C=O) groups excluding carboxylic acids is 1. The minimum atomic E-state index is -3.67. The van der Waals surface area contributed by atoms with Crippen LogP contribution in [-0.2, 0) is 14.8 Å². The summed E-state index contributed by atoms with van der Waals surface area (Å²) in [6, 6.07) is 7.48. The maximum atomic E-state index is 12.3. The molecule has 1 saturated carbocycles. The van der Waals surface area contributed by atoms with Gasteiger partial charge in [-0.25, -0.2) is 8.42 Å². The number of sulfonamides is 1. The smallest absolute Gasteiger partial charge is 0.241 e. The second kappa shape index (κ2) is 8.45. The third-order valence-corrected chi connectivity index (χ3v) is 5.79. The normalized spacial score (nSPS) is 18.7. The summed E-state index contributed by atoms with van der Waals surface area (Å²) in [5.74, 6) is -0.255. The Labute approximate surface area is 138 Å². The van der Waals surface area contributed by atoms with Gasteiger partial charge in [0.1, 0.15) is 0 Å². The molecule has 23 heavy (non-hydrogen) atoms. The van der Waals surface area contributed by atoms with Crippen molar-refractivity contribution in [2.75, 3.05) is 0 Å². The molecule has 0 aliphatic heterocycles. The monoisotopic (exact) mass is 338 g/mol. The zero-order valence-corrected chi connectivity index (χ0v) is 14.4. The first-order valence-electron chi connectivity index (χ1n) is 8.37. The van der Waals surface area contributed by atoms with E-state index in [1.807, 2.05) is 0 Å². The predicted molar refractivity (Wildman–Crippen MR) is 90.5 cm³/mol. The fourth-order valence-corrected chi connectivity index (χ4v) is 4.10. The fourth-order valence-electron chi connectivity index (χ4n) is 2.88. The van der Waals surface area contributed by atoms with Crippen LogP contribution in [0.1, 0.15) is 51.9 Å². The Morgan fingerprint density at radius 2 is 1.61 bits per heavy atom. The summed E-state index contributed by atoms with van der Waals surface area (Å²) < 4.78 is 26.9. The first kappa shape index (κ1) is 17.9. The summed E-state index contributed by atoms with van der Waals surface area (Å²) in [7, 11) is -3.67. The molecule has 0 heterocycles. The lowest BCUT2D eigenvalue weighted by Crippen LogP contribution is -2.48. The van der Waals surface area contributed by atoms with Gasteiger partial charge in [0.05, 0.1) is 10.9 Å². The van der Waals surface area contributed by atoms with Gasteiger partial charge in [-0.2, -0.15) is 4.72 Å². The van der Waals surface area contributed by atoms with Gasteiger partial charge < -0.3 is 5.32 Å². The van der Waals surface area contributed by atoms with Gasteiger partial charge in [0, 0.05) is 6.04 Å². The molecule has 128 valence electrons. The lowest BCUT2D eigenvalue weighted by Gasteiger charge is -2.23. The van der Waals surface area contributed by atoms with Gasteiger partial charge in [0.25, 0.3) is 0 Å². The Morgan fingerprint density at radius 3 is 2.22 bits per heavy atom. The van der Waals surface area contributed by atoms with E-state index >= 15 is 0 Å². The minimum absolute atomic E-state index is 0.159. The maximum absolute atomic E-state index is 12.3. The number of carbonyl (C=O) groups is 1. The number of benzene rings is 1. The summed E-state index contributed by atoms with van der Waals surface area (Å²) in [6.07, 6.45) is 7.89.